The lowest BCUT2D eigenvalue weighted by Gasteiger charge is -2.15. The number of anilines is 2. The van der Waals surface area contributed by atoms with E-state index in [-0.39, 0.29) is 0 Å². The third kappa shape index (κ3) is 1.93. The molecule has 2 heterocycles. The van der Waals surface area contributed by atoms with Gasteiger partial charge in [-0.15, -0.1) is 11.3 Å². The SMILES string of the molecule is CCC1CCN(c2cc(N)c(C#N)s2)C1. The van der Waals surface area contributed by atoms with Crippen molar-refractivity contribution >= 4 is 22.0 Å². The third-order valence-corrected chi connectivity index (χ3v) is 4.14. The van der Waals surface area contributed by atoms with E-state index in [1.54, 1.807) is 0 Å². The van der Waals surface area contributed by atoms with Gasteiger partial charge in [0.1, 0.15) is 10.9 Å². The maximum Gasteiger partial charge on any atom is 0.129 e. The van der Waals surface area contributed by atoms with Gasteiger partial charge in [0.2, 0.25) is 0 Å². The molecule has 0 amide bonds. The highest BCUT2D eigenvalue weighted by Gasteiger charge is 2.23. The number of nitrogens with zero attached hydrogens (tertiary/aromatic N) is 2. The first-order valence-corrected chi connectivity index (χ1v) is 6.10. The van der Waals surface area contributed by atoms with Crippen molar-refractivity contribution in [2.24, 2.45) is 5.92 Å². The quantitative estimate of drug-likeness (QED) is 0.834. The van der Waals surface area contributed by atoms with Crippen LogP contribution in [0.2, 0.25) is 0 Å². The Morgan fingerprint density at radius 3 is 3.07 bits per heavy atom. The van der Waals surface area contributed by atoms with Gasteiger partial charge in [0, 0.05) is 13.1 Å². The number of hydrogen-bond donors (Lipinski definition) is 1. The molecule has 4 heteroatoms. The Balaban J connectivity index is 2.14. The molecule has 3 nitrogen and oxygen atoms in total. The molecule has 80 valence electrons. The molecule has 1 aromatic rings. The maximum atomic E-state index is 8.83. The minimum absolute atomic E-state index is 0.623. The number of nitriles is 1. The summed E-state index contributed by atoms with van der Waals surface area (Å²) in [4.78, 5) is 2.99. The van der Waals surface area contributed by atoms with Crippen LogP contribution in [0.25, 0.3) is 0 Å². The van der Waals surface area contributed by atoms with Crippen LogP contribution in [-0.4, -0.2) is 13.1 Å². The highest BCUT2D eigenvalue weighted by molar-refractivity contribution is 7.17. The first kappa shape index (κ1) is 10.3. The van der Waals surface area contributed by atoms with Gasteiger partial charge in [-0.25, -0.2) is 0 Å². The van der Waals surface area contributed by atoms with E-state index in [1.165, 1.54) is 24.2 Å². The Hall–Kier alpha value is -1.21. The monoisotopic (exact) mass is 221 g/mol. The highest BCUT2D eigenvalue weighted by Crippen LogP contribution is 2.34. The molecule has 1 aromatic heterocycles. The van der Waals surface area contributed by atoms with Gasteiger partial charge >= 0.3 is 0 Å². The zero-order valence-electron chi connectivity index (χ0n) is 8.86. The van der Waals surface area contributed by atoms with Gasteiger partial charge in [0.15, 0.2) is 0 Å². The molecule has 1 unspecified atom stereocenters. The van der Waals surface area contributed by atoms with Crippen molar-refractivity contribution in [1.29, 1.82) is 5.26 Å². The third-order valence-electron chi connectivity index (χ3n) is 3.02. The molecule has 2 rings (SSSR count). The fraction of sp³-hybridized carbons (Fsp3) is 0.545. The molecule has 1 fully saturated rings. The van der Waals surface area contributed by atoms with Crippen molar-refractivity contribution < 1.29 is 0 Å². The Bertz CT molecular complexity index is 391. The predicted octanol–water partition coefficient (Wildman–Crippen LogP) is 2.44. The van der Waals surface area contributed by atoms with Gasteiger partial charge in [-0.1, -0.05) is 13.3 Å². The van der Waals surface area contributed by atoms with E-state index < -0.39 is 0 Å². The van der Waals surface area contributed by atoms with E-state index >= 15 is 0 Å². The molecule has 0 saturated carbocycles. The molecule has 0 radical (unpaired) electrons. The van der Waals surface area contributed by atoms with Gasteiger partial charge in [-0.3, -0.25) is 0 Å². The van der Waals surface area contributed by atoms with Gasteiger partial charge in [-0.2, -0.15) is 5.26 Å². The van der Waals surface area contributed by atoms with Crippen LogP contribution in [0.1, 0.15) is 24.6 Å². The van der Waals surface area contributed by atoms with E-state index in [1.807, 2.05) is 6.07 Å². The molecule has 15 heavy (non-hydrogen) atoms. The molecule has 0 spiro atoms. The second kappa shape index (κ2) is 4.11. The lowest BCUT2D eigenvalue weighted by molar-refractivity contribution is 0.569. The average molecular weight is 221 g/mol. The van der Waals surface area contributed by atoms with Crippen molar-refractivity contribution in [3.63, 3.8) is 0 Å². The summed E-state index contributed by atoms with van der Waals surface area (Å²) < 4.78 is 0. The van der Waals surface area contributed by atoms with Crippen LogP contribution in [0, 0.1) is 17.2 Å². The van der Waals surface area contributed by atoms with E-state index in [2.05, 4.69) is 17.9 Å². The largest absolute Gasteiger partial charge is 0.397 e. The molecule has 1 saturated heterocycles. The smallest absolute Gasteiger partial charge is 0.129 e. The second-order valence-corrected chi connectivity index (χ2v) is 5.02. The standard InChI is InChI=1S/C11H15N3S/c1-2-8-3-4-14(7-8)11-5-9(13)10(6-12)15-11/h5,8H,2-4,7,13H2,1H3. The predicted molar refractivity (Wildman–Crippen MR) is 64.1 cm³/mol. The molecule has 0 aliphatic carbocycles. The van der Waals surface area contributed by atoms with Gasteiger partial charge in [0.05, 0.1) is 10.7 Å². The molecule has 0 aromatic carbocycles. The first-order valence-electron chi connectivity index (χ1n) is 5.29. The van der Waals surface area contributed by atoms with Crippen molar-refractivity contribution in [1.82, 2.24) is 0 Å². The zero-order chi connectivity index (χ0) is 10.8. The lowest BCUT2D eigenvalue weighted by Crippen LogP contribution is -2.18. The summed E-state index contributed by atoms with van der Waals surface area (Å²) in [6.45, 7) is 4.45. The topological polar surface area (TPSA) is 53.0 Å². The fourth-order valence-electron chi connectivity index (χ4n) is 2.00. The summed E-state index contributed by atoms with van der Waals surface area (Å²) in [7, 11) is 0. The van der Waals surface area contributed by atoms with Crippen LogP contribution in [0.5, 0.6) is 0 Å². The van der Waals surface area contributed by atoms with Crippen molar-refractivity contribution in [2.75, 3.05) is 23.7 Å². The van der Waals surface area contributed by atoms with E-state index in [9.17, 15) is 0 Å². The summed E-state index contributed by atoms with van der Waals surface area (Å²) in [5.41, 5.74) is 6.37. The van der Waals surface area contributed by atoms with Crippen molar-refractivity contribution in [2.45, 2.75) is 19.8 Å². The van der Waals surface area contributed by atoms with Crippen LogP contribution in [-0.2, 0) is 0 Å². The number of hydrogen-bond acceptors (Lipinski definition) is 4. The second-order valence-electron chi connectivity index (χ2n) is 3.99. The Morgan fingerprint density at radius 1 is 1.73 bits per heavy atom. The molecular weight excluding hydrogens is 206 g/mol. The van der Waals surface area contributed by atoms with E-state index in [0.29, 0.717) is 10.6 Å². The minimum Gasteiger partial charge on any atom is -0.397 e. The number of thiophene rings is 1. The summed E-state index contributed by atoms with van der Waals surface area (Å²) in [6.07, 6.45) is 2.50. The summed E-state index contributed by atoms with van der Waals surface area (Å²) >= 11 is 1.51. The van der Waals surface area contributed by atoms with Gasteiger partial charge in [0.25, 0.3) is 0 Å². The van der Waals surface area contributed by atoms with Gasteiger partial charge in [-0.05, 0) is 18.4 Å². The molecule has 1 aliphatic rings. The Labute approximate surface area is 94.1 Å². The average Bonchev–Trinajstić information content (AvgIpc) is 2.83. The summed E-state index contributed by atoms with van der Waals surface area (Å²) in [5, 5.41) is 9.99. The molecular formula is C11H15N3S. The van der Waals surface area contributed by atoms with E-state index in [4.69, 9.17) is 11.0 Å². The number of nitrogens with two attached hydrogens (primary N) is 1. The van der Waals surface area contributed by atoms with E-state index in [0.717, 1.165) is 24.0 Å². The minimum atomic E-state index is 0.623. The van der Waals surface area contributed by atoms with Crippen LogP contribution < -0.4 is 10.6 Å². The van der Waals surface area contributed by atoms with Crippen molar-refractivity contribution in [3.8, 4) is 6.07 Å². The van der Waals surface area contributed by atoms with Crippen LogP contribution in [0.3, 0.4) is 0 Å². The number of nitrogen functional groups attached to an aromatic ring is 1. The summed E-state index contributed by atoms with van der Waals surface area (Å²) in [5.74, 6) is 0.805. The molecule has 1 atom stereocenters. The molecule has 1 aliphatic heterocycles. The van der Waals surface area contributed by atoms with Crippen LogP contribution in [0.15, 0.2) is 6.07 Å². The van der Waals surface area contributed by atoms with Crippen LogP contribution in [0.4, 0.5) is 10.7 Å². The van der Waals surface area contributed by atoms with Gasteiger partial charge < -0.3 is 10.6 Å². The Morgan fingerprint density at radius 2 is 2.53 bits per heavy atom. The fourth-order valence-corrected chi connectivity index (χ4v) is 2.91. The molecule has 2 N–H and O–H groups in total. The summed E-state index contributed by atoms with van der Waals surface area (Å²) in [6, 6.07) is 4.06. The zero-order valence-corrected chi connectivity index (χ0v) is 9.68. The maximum absolute atomic E-state index is 8.83. The molecule has 0 bridgehead atoms. The Kier molecular flexibility index (Phi) is 2.83. The number of rotatable bonds is 2. The highest BCUT2D eigenvalue weighted by atomic mass is 32.1. The first-order chi connectivity index (χ1) is 7.24. The lowest BCUT2D eigenvalue weighted by atomic mass is 10.1. The van der Waals surface area contributed by atoms with Crippen LogP contribution >= 0.6 is 11.3 Å². The normalized spacial score (nSPS) is 20.5. The van der Waals surface area contributed by atoms with Crippen molar-refractivity contribution in [3.05, 3.63) is 10.9 Å².